The second-order valence-electron chi connectivity index (χ2n) is 7.65. The Morgan fingerprint density at radius 3 is 2.67 bits per heavy atom. The summed E-state index contributed by atoms with van der Waals surface area (Å²) < 4.78 is 23.0. The van der Waals surface area contributed by atoms with Crippen LogP contribution in [-0.2, 0) is 14.0 Å². The Bertz CT molecular complexity index is 1160. The normalized spacial score (nSPS) is 24.3. The van der Waals surface area contributed by atoms with Crippen molar-refractivity contribution >= 4 is 36.2 Å². The van der Waals surface area contributed by atoms with Crippen molar-refractivity contribution < 1.29 is 34.0 Å². The van der Waals surface area contributed by atoms with Crippen LogP contribution in [0.1, 0.15) is 24.8 Å². The minimum absolute atomic E-state index is 0.0541. The molecule has 5 N–H and O–H groups in total. The zero-order valence-corrected chi connectivity index (χ0v) is 19.0. The molecule has 1 aliphatic rings. The van der Waals surface area contributed by atoms with E-state index >= 15 is 0 Å². The third-order valence-electron chi connectivity index (χ3n) is 5.20. The zero-order valence-electron chi connectivity index (χ0n) is 17.4. The molecule has 0 unspecified atom stereocenters. The molecule has 2 aromatic heterocycles. The van der Waals surface area contributed by atoms with E-state index in [-0.39, 0.29) is 23.6 Å². The summed E-state index contributed by atoms with van der Waals surface area (Å²) in [5.74, 6) is 0.384. The number of halogens is 1. The quantitative estimate of drug-likeness (QED) is 0.224. The second kappa shape index (κ2) is 9.61. The highest BCUT2D eigenvalue weighted by molar-refractivity contribution is 7.51. The van der Waals surface area contributed by atoms with E-state index < -0.39 is 38.5 Å². The highest BCUT2D eigenvalue weighted by Crippen LogP contribution is 2.36. The zero-order chi connectivity index (χ0) is 23.8. The van der Waals surface area contributed by atoms with Gasteiger partial charge >= 0.3 is 7.60 Å². The molecule has 0 amide bonds. The van der Waals surface area contributed by atoms with Gasteiger partial charge in [-0.1, -0.05) is 30.3 Å². The van der Waals surface area contributed by atoms with Crippen LogP contribution in [0.25, 0.3) is 11.2 Å². The lowest BCUT2D eigenvalue weighted by atomic mass is 10.1. The molecule has 1 fully saturated rings. The van der Waals surface area contributed by atoms with Gasteiger partial charge in [0.1, 0.15) is 24.7 Å². The van der Waals surface area contributed by atoms with Gasteiger partial charge < -0.3 is 34.8 Å². The number of hydrogen-bond donors (Lipinski definition) is 5. The summed E-state index contributed by atoms with van der Waals surface area (Å²) in [6.45, 7) is 1.63. The SMILES string of the molecule is C[C@@H](Nc1nc(Cl)nc2c1ncn2[C@@H]1O[C@H](COCP(=O)(O)O)[C@@H](O)[C@H]1O)c1ccccc1. The molecule has 0 bridgehead atoms. The number of imidazole rings is 1. The first-order valence-corrected chi connectivity index (χ1v) is 12.2. The van der Waals surface area contributed by atoms with Gasteiger partial charge in [0.2, 0.25) is 5.28 Å². The van der Waals surface area contributed by atoms with E-state index in [0.717, 1.165) is 5.56 Å². The van der Waals surface area contributed by atoms with Crippen molar-refractivity contribution in [1.82, 2.24) is 19.5 Å². The van der Waals surface area contributed by atoms with Gasteiger partial charge in [-0.25, -0.2) is 4.98 Å². The average Bonchev–Trinajstić information content (AvgIpc) is 3.29. The topological polar surface area (TPSA) is 172 Å². The molecule has 1 aromatic carbocycles. The Kier molecular flexibility index (Phi) is 6.99. The molecule has 0 aliphatic carbocycles. The molecule has 178 valence electrons. The first-order chi connectivity index (χ1) is 15.6. The van der Waals surface area contributed by atoms with Crippen molar-refractivity contribution in [3.05, 3.63) is 47.5 Å². The Balaban J connectivity index is 1.57. The summed E-state index contributed by atoms with van der Waals surface area (Å²) in [6.07, 6.45) is -4.29. The van der Waals surface area contributed by atoms with Gasteiger partial charge in [0.25, 0.3) is 0 Å². The van der Waals surface area contributed by atoms with Gasteiger partial charge in [0, 0.05) is 0 Å². The monoisotopic (exact) mass is 499 g/mol. The van der Waals surface area contributed by atoms with Crippen molar-refractivity contribution in [2.45, 2.75) is 37.5 Å². The maximum atomic E-state index is 11.0. The fourth-order valence-corrected chi connectivity index (χ4v) is 4.10. The molecular weight excluding hydrogens is 477 g/mol. The number of aliphatic hydroxyl groups is 2. The van der Waals surface area contributed by atoms with Crippen LogP contribution >= 0.6 is 19.2 Å². The average molecular weight is 500 g/mol. The lowest BCUT2D eigenvalue weighted by Crippen LogP contribution is -2.33. The number of ether oxygens (including phenoxy) is 2. The number of hydrogen-bond acceptors (Lipinski definition) is 9. The van der Waals surface area contributed by atoms with Crippen LogP contribution in [-0.4, -0.2) is 70.8 Å². The van der Waals surface area contributed by atoms with E-state index in [1.807, 2.05) is 37.3 Å². The summed E-state index contributed by atoms with van der Waals surface area (Å²) >= 11 is 6.14. The van der Waals surface area contributed by atoms with Crippen molar-refractivity contribution in [2.24, 2.45) is 0 Å². The number of anilines is 1. The van der Waals surface area contributed by atoms with Crippen LogP contribution in [0.3, 0.4) is 0 Å². The Morgan fingerprint density at radius 2 is 1.97 bits per heavy atom. The standard InChI is InChI=1S/C19H23ClN5O7P/c1-10(11-5-3-2-4-6-11)22-16-13-17(24-19(20)23-16)25(8-21-13)18-15(27)14(26)12(32-18)7-31-9-33(28,29)30/h2-6,8,10,12,14-15,18,26-27H,7,9H2,1H3,(H,22,23,24)(H2,28,29,30)/t10-,12-,14-,15-,18-/m1/s1. The molecule has 3 heterocycles. The van der Waals surface area contributed by atoms with E-state index in [1.54, 1.807) is 0 Å². The molecule has 1 saturated heterocycles. The predicted octanol–water partition coefficient (Wildman–Crippen LogP) is 1.42. The molecule has 12 nitrogen and oxygen atoms in total. The number of nitrogens with one attached hydrogen (secondary N) is 1. The predicted molar refractivity (Wildman–Crippen MR) is 118 cm³/mol. The van der Waals surface area contributed by atoms with Crippen molar-refractivity contribution in [3.8, 4) is 0 Å². The van der Waals surface area contributed by atoms with Gasteiger partial charge in [0.05, 0.1) is 19.0 Å². The van der Waals surface area contributed by atoms with Crippen molar-refractivity contribution in [2.75, 3.05) is 18.3 Å². The van der Waals surface area contributed by atoms with Crippen LogP contribution in [0.15, 0.2) is 36.7 Å². The molecule has 1 aliphatic heterocycles. The van der Waals surface area contributed by atoms with Gasteiger partial charge in [-0.2, -0.15) is 9.97 Å². The summed E-state index contributed by atoms with van der Waals surface area (Å²) in [5, 5.41) is 24.1. The number of aromatic nitrogens is 4. The molecule has 0 saturated carbocycles. The number of nitrogens with zero attached hydrogens (tertiary/aromatic N) is 4. The minimum Gasteiger partial charge on any atom is -0.387 e. The first-order valence-electron chi connectivity index (χ1n) is 9.99. The third-order valence-corrected chi connectivity index (χ3v) is 5.89. The van der Waals surface area contributed by atoms with Gasteiger partial charge in [0.15, 0.2) is 23.2 Å². The molecular formula is C19H23ClN5O7P. The van der Waals surface area contributed by atoms with Crippen LogP contribution in [0.2, 0.25) is 5.28 Å². The molecule has 3 aromatic rings. The van der Waals surface area contributed by atoms with E-state index in [2.05, 4.69) is 20.3 Å². The fraction of sp³-hybridized carbons (Fsp3) is 0.421. The summed E-state index contributed by atoms with van der Waals surface area (Å²) in [5.41, 5.74) is 1.68. The molecule has 14 heteroatoms. The molecule has 0 spiro atoms. The number of rotatable bonds is 8. The minimum atomic E-state index is -4.37. The Labute approximate surface area is 193 Å². The first kappa shape index (κ1) is 24.0. The van der Waals surface area contributed by atoms with E-state index in [1.165, 1.54) is 10.9 Å². The van der Waals surface area contributed by atoms with E-state index in [0.29, 0.717) is 11.3 Å². The summed E-state index contributed by atoms with van der Waals surface area (Å²) in [7, 11) is -4.37. The molecule has 4 rings (SSSR count). The molecule has 5 atom stereocenters. The lowest BCUT2D eigenvalue weighted by molar-refractivity contribution is -0.0612. The van der Waals surface area contributed by atoms with Gasteiger partial charge in [-0.3, -0.25) is 9.13 Å². The maximum absolute atomic E-state index is 11.0. The molecule has 33 heavy (non-hydrogen) atoms. The number of benzene rings is 1. The summed E-state index contributed by atoms with van der Waals surface area (Å²) in [6, 6.07) is 9.59. The van der Waals surface area contributed by atoms with Crippen LogP contribution < -0.4 is 5.32 Å². The Morgan fingerprint density at radius 1 is 1.24 bits per heavy atom. The molecule has 0 radical (unpaired) electrons. The smallest absolute Gasteiger partial charge is 0.350 e. The largest absolute Gasteiger partial charge is 0.387 e. The van der Waals surface area contributed by atoms with Crippen LogP contribution in [0.5, 0.6) is 0 Å². The van der Waals surface area contributed by atoms with Gasteiger partial charge in [-0.15, -0.1) is 0 Å². The lowest BCUT2D eigenvalue weighted by Gasteiger charge is -2.18. The number of aliphatic hydroxyl groups excluding tert-OH is 2. The third kappa shape index (κ3) is 5.34. The van der Waals surface area contributed by atoms with Gasteiger partial charge in [-0.05, 0) is 24.1 Å². The highest BCUT2D eigenvalue weighted by atomic mass is 35.5. The second-order valence-corrected chi connectivity index (χ2v) is 9.58. The summed E-state index contributed by atoms with van der Waals surface area (Å²) in [4.78, 5) is 30.6. The highest BCUT2D eigenvalue weighted by Gasteiger charge is 2.44. The Hall–Kier alpha value is -2.15. The van der Waals surface area contributed by atoms with E-state index in [4.69, 9.17) is 30.9 Å². The van der Waals surface area contributed by atoms with Crippen molar-refractivity contribution in [1.29, 1.82) is 0 Å². The van der Waals surface area contributed by atoms with E-state index in [9.17, 15) is 14.8 Å². The number of fused-ring (bicyclic) bond motifs is 1. The van der Waals surface area contributed by atoms with Crippen LogP contribution in [0.4, 0.5) is 5.82 Å². The van der Waals surface area contributed by atoms with Crippen LogP contribution in [0, 0.1) is 0 Å². The maximum Gasteiger partial charge on any atom is 0.350 e. The fourth-order valence-electron chi connectivity index (χ4n) is 3.59. The van der Waals surface area contributed by atoms with Crippen molar-refractivity contribution in [3.63, 3.8) is 0 Å².